The third-order valence-corrected chi connectivity index (χ3v) is 6.15. The lowest BCUT2D eigenvalue weighted by Gasteiger charge is -2.38. The van der Waals surface area contributed by atoms with Crippen molar-refractivity contribution < 1.29 is 9.59 Å². The van der Waals surface area contributed by atoms with Gasteiger partial charge in [0.1, 0.15) is 0 Å². The molecule has 2 aliphatic carbocycles. The van der Waals surface area contributed by atoms with Gasteiger partial charge < -0.3 is 10.2 Å². The van der Waals surface area contributed by atoms with Crippen LogP contribution in [0.1, 0.15) is 70.6 Å². The molecule has 3 amide bonds. The Bertz CT molecular complexity index is 511. The van der Waals surface area contributed by atoms with E-state index in [1.807, 2.05) is 16.8 Å². The third-order valence-electron chi connectivity index (χ3n) is 6.15. The van der Waals surface area contributed by atoms with Crippen LogP contribution in [0, 0.1) is 5.92 Å². The molecule has 5 nitrogen and oxygen atoms in total. The van der Waals surface area contributed by atoms with Gasteiger partial charge in [0, 0.05) is 38.3 Å². The lowest BCUT2D eigenvalue weighted by Crippen LogP contribution is -2.46. The predicted octanol–water partition coefficient (Wildman–Crippen LogP) is 3.66. The summed E-state index contributed by atoms with van der Waals surface area (Å²) < 4.78 is 0. The second-order valence-electron chi connectivity index (χ2n) is 7.83. The first-order valence-electron chi connectivity index (χ1n) is 10.2. The first-order chi connectivity index (χ1) is 12.2. The highest BCUT2D eigenvalue weighted by atomic mass is 16.2. The fourth-order valence-corrected chi connectivity index (χ4v) is 4.62. The number of hydrogen-bond donors (Lipinski definition) is 1. The van der Waals surface area contributed by atoms with Crippen molar-refractivity contribution in [1.29, 1.82) is 0 Å². The van der Waals surface area contributed by atoms with E-state index >= 15 is 0 Å². The van der Waals surface area contributed by atoms with Crippen LogP contribution in [0.4, 0.5) is 4.79 Å². The molecule has 5 heteroatoms. The highest BCUT2D eigenvalue weighted by Crippen LogP contribution is 2.34. The maximum absolute atomic E-state index is 12.6. The number of allylic oxidation sites excluding steroid dienone is 2. The van der Waals surface area contributed by atoms with Gasteiger partial charge in [-0.25, -0.2) is 4.79 Å². The summed E-state index contributed by atoms with van der Waals surface area (Å²) in [5.74, 6) is 0.716. The largest absolute Gasteiger partial charge is 0.343 e. The van der Waals surface area contributed by atoms with E-state index < -0.39 is 0 Å². The smallest absolute Gasteiger partial charge is 0.321 e. The van der Waals surface area contributed by atoms with Gasteiger partial charge in [-0.05, 0) is 50.9 Å². The summed E-state index contributed by atoms with van der Waals surface area (Å²) in [6.07, 6.45) is 14.5. The summed E-state index contributed by atoms with van der Waals surface area (Å²) in [5, 5.41) is 2.97. The Morgan fingerprint density at radius 2 is 1.88 bits per heavy atom. The van der Waals surface area contributed by atoms with Crippen LogP contribution in [0.3, 0.4) is 0 Å². The third kappa shape index (κ3) is 4.56. The molecule has 3 aliphatic rings. The average Bonchev–Trinajstić information content (AvgIpc) is 2.67. The number of piperidine rings is 1. The monoisotopic (exact) mass is 347 g/mol. The summed E-state index contributed by atoms with van der Waals surface area (Å²) in [6.45, 7) is 1.24. The number of rotatable bonds is 4. The van der Waals surface area contributed by atoms with Crippen LogP contribution in [-0.4, -0.2) is 47.9 Å². The first kappa shape index (κ1) is 18.3. The van der Waals surface area contributed by atoms with Gasteiger partial charge in [-0.1, -0.05) is 25.3 Å². The average molecular weight is 348 g/mol. The lowest BCUT2D eigenvalue weighted by atomic mass is 9.85. The molecule has 2 fully saturated rings. The molecule has 0 radical (unpaired) electrons. The number of nitrogens with one attached hydrogen (secondary N) is 1. The molecule has 0 bridgehead atoms. The van der Waals surface area contributed by atoms with E-state index in [0.29, 0.717) is 24.9 Å². The molecule has 1 saturated carbocycles. The summed E-state index contributed by atoms with van der Waals surface area (Å²) in [4.78, 5) is 28.8. The zero-order valence-electron chi connectivity index (χ0n) is 15.6. The van der Waals surface area contributed by atoms with Crippen LogP contribution < -0.4 is 5.32 Å². The molecule has 0 spiro atoms. The standard InChI is InChI=1S/C20H33N3O2/c1-22(17-10-3-2-4-11-17)19(24)13-14-21-20(25)23-15-7-9-16-8-5-6-12-18(16)23/h12,16-17H,2-11,13-15H2,1H3,(H,21,25). The Morgan fingerprint density at radius 1 is 1.12 bits per heavy atom. The number of amides is 3. The highest BCUT2D eigenvalue weighted by Gasteiger charge is 2.30. The van der Waals surface area contributed by atoms with E-state index in [1.165, 1.54) is 44.2 Å². The minimum absolute atomic E-state index is 0.0223. The zero-order valence-corrected chi connectivity index (χ0v) is 15.6. The zero-order chi connectivity index (χ0) is 17.6. The fraction of sp³-hybridized carbons (Fsp3) is 0.800. The molecule has 1 unspecified atom stereocenters. The van der Waals surface area contributed by atoms with Crippen LogP contribution in [0.25, 0.3) is 0 Å². The van der Waals surface area contributed by atoms with E-state index in [4.69, 9.17) is 0 Å². The number of urea groups is 1. The quantitative estimate of drug-likeness (QED) is 0.844. The van der Waals surface area contributed by atoms with Gasteiger partial charge in [-0.15, -0.1) is 0 Å². The summed E-state index contributed by atoms with van der Waals surface area (Å²) >= 11 is 0. The molecule has 1 saturated heterocycles. The van der Waals surface area contributed by atoms with Crippen molar-refractivity contribution in [3.8, 4) is 0 Å². The SMILES string of the molecule is CN(C(=O)CCNC(=O)N1CCCC2CCCC=C21)C1CCCCC1. The summed E-state index contributed by atoms with van der Waals surface area (Å²) in [5.41, 5.74) is 1.22. The van der Waals surface area contributed by atoms with E-state index in [0.717, 1.165) is 32.2 Å². The normalized spacial score (nSPS) is 24.3. The van der Waals surface area contributed by atoms with Crippen molar-refractivity contribution in [1.82, 2.24) is 15.1 Å². The molecule has 1 atom stereocenters. The second-order valence-corrected chi connectivity index (χ2v) is 7.83. The Morgan fingerprint density at radius 3 is 2.68 bits per heavy atom. The van der Waals surface area contributed by atoms with Gasteiger partial charge in [0.15, 0.2) is 0 Å². The fourth-order valence-electron chi connectivity index (χ4n) is 4.62. The van der Waals surface area contributed by atoms with Gasteiger partial charge in [0.2, 0.25) is 5.91 Å². The van der Waals surface area contributed by atoms with E-state index in [9.17, 15) is 9.59 Å². The van der Waals surface area contributed by atoms with Gasteiger partial charge in [0.05, 0.1) is 0 Å². The Hall–Kier alpha value is -1.52. The van der Waals surface area contributed by atoms with E-state index in [1.54, 1.807) is 0 Å². The molecule has 3 rings (SSSR count). The topological polar surface area (TPSA) is 52.7 Å². The molecule has 25 heavy (non-hydrogen) atoms. The molecule has 140 valence electrons. The van der Waals surface area contributed by atoms with Crippen LogP contribution >= 0.6 is 0 Å². The molecule has 1 heterocycles. The predicted molar refractivity (Wildman–Crippen MR) is 99.0 cm³/mol. The van der Waals surface area contributed by atoms with E-state index in [-0.39, 0.29) is 11.9 Å². The van der Waals surface area contributed by atoms with Crippen LogP contribution in [-0.2, 0) is 4.79 Å². The minimum Gasteiger partial charge on any atom is -0.343 e. The van der Waals surface area contributed by atoms with Crippen molar-refractivity contribution in [3.05, 3.63) is 11.8 Å². The number of fused-ring (bicyclic) bond motifs is 1. The van der Waals surface area contributed by atoms with Gasteiger partial charge in [0.25, 0.3) is 0 Å². The van der Waals surface area contributed by atoms with Crippen LogP contribution in [0.15, 0.2) is 11.8 Å². The molecule has 1 aliphatic heterocycles. The van der Waals surface area contributed by atoms with Crippen LogP contribution in [0.2, 0.25) is 0 Å². The van der Waals surface area contributed by atoms with Gasteiger partial charge in [-0.3, -0.25) is 9.69 Å². The molecule has 0 aromatic rings. The molecule has 0 aromatic heterocycles. The maximum Gasteiger partial charge on any atom is 0.321 e. The lowest BCUT2D eigenvalue weighted by molar-refractivity contribution is -0.132. The number of carbonyl (C=O) groups is 2. The Balaban J connectivity index is 1.44. The van der Waals surface area contributed by atoms with Crippen molar-refractivity contribution in [2.45, 2.75) is 76.7 Å². The molecular weight excluding hydrogens is 314 g/mol. The first-order valence-corrected chi connectivity index (χ1v) is 10.2. The maximum atomic E-state index is 12.6. The molecule has 0 aromatic carbocycles. The number of likely N-dealkylation sites (tertiary alicyclic amines) is 1. The van der Waals surface area contributed by atoms with Crippen molar-refractivity contribution in [3.63, 3.8) is 0 Å². The van der Waals surface area contributed by atoms with Crippen LogP contribution in [0.5, 0.6) is 0 Å². The highest BCUT2D eigenvalue weighted by molar-refractivity contribution is 5.79. The number of carbonyl (C=O) groups excluding carboxylic acids is 2. The van der Waals surface area contributed by atoms with Crippen molar-refractivity contribution in [2.75, 3.05) is 20.1 Å². The number of hydrogen-bond acceptors (Lipinski definition) is 2. The van der Waals surface area contributed by atoms with Gasteiger partial charge >= 0.3 is 6.03 Å². The summed E-state index contributed by atoms with van der Waals surface area (Å²) in [7, 11) is 1.92. The second kappa shape index (κ2) is 8.72. The number of nitrogens with zero attached hydrogens (tertiary/aromatic N) is 2. The van der Waals surface area contributed by atoms with Gasteiger partial charge in [-0.2, -0.15) is 0 Å². The minimum atomic E-state index is -0.0223. The summed E-state index contributed by atoms with van der Waals surface area (Å²) in [6, 6.07) is 0.373. The Labute approximate surface area is 151 Å². The van der Waals surface area contributed by atoms with E-state index in [2.05, 4.69) is 11.4 Å². The molecular formula is C20H33N3O2. The molecule has 1 N–H and O–H groups in total. The van der Waals surface area contributed by atoms with Crippen molar-refractivity contribution >= 4 is 11.9 Å². The Kier molecular flexibility index (Phi) is 6.38. The van der Waals surface area contributed by atoms with Crippen molar-refractivity contribution in [2.24, 2.45) is 5.92 Å².